The standard InChI is InChI=1S/C43H81N3O11/c1-15-32-40(8,9)36(48)29(6)44-23-25(2)21-41(10,50)37(57-39-34(47)31(45(12)13)20-26(3)53-39)27(4)35(28(5)38(49)55-32)56-33-22-42(11,52-14)43(51,30(7)54-33)24-46-18-16-17-19-46/h25-37,39,44,47-48,50-51H,15-24H2,1-14H3/t25-,26-,27+,28-,29-,30+,31+,32-,33+,34-,35+,36-,37-,39+,41-,42-,43+/m1/s1. The van der Waals surface area contributed by atoms with Crippen LogP contribution in [0.3, 0.4) is 0 Å². The number of hydrogen-bond donors (Lipinski definition) is 5. The molecule has 14 nitrogen and oxygen atoms in total. The Morgan fingerprint density at radius 2 is 1.58 bits per heavy atom. The number of ether oxygens (including phenoxy) is 6. The van der Waals surface area contributed by atoms with Gasteiger partial charge in [0.1, 0.15) is 23.4 Å². The lowest BCUT2D eigenvalue weighted by Crippen LogP contribution is -2.70. The van der Waals surface area contributed by atoms with Gasteiger partial charge in [0.2, 0.25) is 0 Å². The molecule has 0 radical (unpaired) electrons. The van der Waals surface area contributed by atoms with E-state index in [1.807, 2.05) is 81.3 Å². The normalized spacial score (nSPS) is 47.3. The Bertz CT molecular complexity index is 1280. The monoisotopic (exact) mass is 816 g/mol. The van der Waals surface area contributed by atoms with E-state index in [1.165, 1.54) is 0 Å². The van der Waals surface area contributed by atoms with E-state index in [-0.39, 0.29) is 36.9 Å². The summed E-state index contributed by atoms with van der Waals surface area (Å²) in [5.41, 5.74) is -4.76. The summed E-state index contributed by atoms with van der Waals surface area (Å²) in [6.45, 7) is 23.4. The second-order valence-corrected chi connectivity index (χ2v) is 19.6. The molecule has 0 aliphatic carbocycles. The van der Waals surface area contributed by atoms with E-state index in [2.05, 4.69) is 10.2 Å². The number of carbonyl (C=O) groups excluding carboxylic acids is 1. The molecule has 4 rings (SSSR count). The summed E-state index contributed by atoms with van der Waals surface area (Å²) >= 11 is 0. The van der Waals surface area contributed by atoms with Crippen LogP contribution in [0.5, 0.6) is 0 Å². The second-order valence-electron chi connectivity index (χ2n) is 19.6. The maximum absolute atomic E-state index is 14.5. The van der Waals surface area contributed by atoms with Gasteiger partial charge in [-0.25, -0.2) is 0 Å². The lowest BCUT2D eigenvalue weighted by Gasteiger charge is -2.54. The molecule has 4 fully saturated rings. The average molecular weight is 816 g/mol. The molecule has 5 N–H and O–H groups in total. The zero-order valence-corrected chi connectivity index (χ0v) is 37.7. The largest absolute Gasteiger partial charge is 0.461 e. The number of hydrogen-bond acceptors (Lipinski definition) is 14. The van der Waals surface area contributed by atoms with Gasteiger partial charge in [0, 0.05) is 43.5 Å². The first-order valence-corrected chi connectivity index (χ1v) is 21.7. The summed E-state index contributed by atoms with van der Waals surface area (Å²) in [7, 11) is 5.41. The summed E-state index contributed by atoms with van der Waals surface area (Å²) in [5, 5.41) is 51.7. The average Bonchev–Trinajstić information content (AvgIpc) is 3.65. The van der Waals surface area contributed by atoms with E-state index in [4.69, 9.17) is 28.4 Å². The van der Waals surface area contributed by atoms with Crippen LogP contribution in [-0.4, -0.2) is 168 Å². The van der Waals surface area contributed by atoms with Crippen molar-refractivity contribution in [2.24, 2.45) is 23.2 Å². The third-order valence-electron chi connectivity index (χ3n) is 14.2. The van der Waals surface area contributed by atoms with Gasteiger partial charge in [-0.1, -0.05) is 34.6 Å². The number of nitrogens with one attached hydrogen (secondary N) is 1. The fraction of sp³-hybridized carbons (Fsp3) is 0.977. The Labute approximate surface area is 343 Å². The highest BCUT2D eigenvalue weighted by Crippen LogP contribution is 2.44. The molecule has 334 valence electrons. The van der Waals surface area contributed by atoms with Gasteiger partial charge >= 0.3 is 5.97 Å². The van der Waals surface area contributed by atoms with Gasteiger partial charge in [-0.05, 0) is 113 Å². The number of esters is 1. The molecule has 0 saturated carbocycles. The van der Waals surface area contributed by atoms with Crippen LogP contribution in [0.2, 0.25) is 0 Å². The molecule has 57 heavy (non-hydrogen) atoms. The van der Waals surface area contributed by atoms with E-state index < -0.39 is 89.2 Å². The minimum Gasteiger partial charge on any atom is -0.461 e. The molecule has 0 aromatic carbocycles. The van der Waals surface area contributed by atoms with Crippen molar-refractivity contribution in [3.8, 4) is 0 Å². The fourth-order valence-corrected chi connectivity index (χ4v) is 10.3. The SMILES string of the molecule is CC[C@H]1OC(=O)[C@H](C)[C@@H](O[C@H]2C[C@@](C)(OC)[C@](O)(CN3CCCC3)[C@H](C)O2)[C@H](C)[C@@H](O[C@@H]2O[C@H](C)C[C@H](N(C)C)[C@H]2O)[C@](C)(O)C[C@@H](C)CN[C@H](C)[C@@H](O)C1(C)C. The molecular weight excluding hydrogens is 734 g/mol. The van der Waals surface area contributed by atoms with Gasteiger partial charge in [-0.15, -0.1) is 0 Å². The summed E-state index contributed by atoms with van der Waals surface area (Å²) in [4.78, 5) is 18.7. The molecule has 0 bridgehead atoms. The van der Waals surface area contributed by atoms with Crippen molar-refractivity contribution in [3.63, 3.8) is 0 Å². The van der Waals surface area contributed by atoms with Crippen LogP contribution in [0.1, 0.15) is 115 Å². The molecule has 0 spiro atoms. The highest BCUT2D eigenvalue weighted by molar-refractivity contribution is 5.73. The van der Waals surface area contributed by atoms with Crippen LogP contribution < -0.4 is 5.32 Å². The van der Waals surface area contributed by atoms with Gasteiger partial charge in [0.05, 0.1) is 42.0 Å². The van der Waals surface area contributed by atoms with Crippen LogP contribution in [0.15, 0.2) is 0 Å². The highest BCUT2D eigenvalue weighted by Gasteiger charge is 2.59. The van der Waals surface area contributed by atoms with Gasteiger partial charge in [0.15, 0.2) is 12.6 Å². The van der Waals surface area contributed by atoms with Crippen LogP contribution in [-0.2, 0) is 33.2 Å². The smallest absolute Gasteiger partial charge is 0.311 e. The number of aliphatic hydroxyl groups is 4. The number of likely N-dealkylation sites (N-methyl/N-ethyl adjacent to an activating group) is 1. The molecule has 0 aromatic heterocycles. The predicted molar refractivity (Wildman–Crippen MR) is 217 cm³/mol. The zero-order chi connectivity index (χ0) is 42.8. The Kier molecular flexibility index (Phi) is 16.5. The van der Waals surface area contributed by atoms with Crippen molar-refractivity contribution in [1.82, 2.24) is 15.1 Å². The van der Waals surface area contributed by atoms with Crippen molar-refractivity contribution in [2.75, 3.05) is 47.4 Å². The van der Waals surface area contributed by atoms with E-state index >= 15 is 0 Å². The summed E-state index contributed by atoms with van der Waals surface area (Å²) < 4.78 is 39.0. The minimum atomic E-state index is -1.52. The van der Waals surface area contributed by atoms with Crippen molar-refractivity contribution in [3.05, 3.63) is 0 Å². The number of cyclic esters (lactones) is 1. The Morgan fingerprint density at radius 1 is 0.947 bits per heavy atom. The Hall–Kier alpha value is -1.01. The molecule has 0 unspecified atom stereocenters. The quantitative estimate of drug-likeness (QED) is 0.215. The number of nitrogens with zero attached hydrogens (tertiary/aromatic N) is 2. The lowest BCUT2D eigenvalue weighted by molar-refractivity contribution is -0.339. The number of likely N-dealkylation sites (tertiary alicyclic amines) is 1. The van der Waals surface area contributed by atoms with Crippen molar-refractivity contribution < 1.29 is 53.6 Å². The van der Waals surface area contributed by atoms with Crippen LogP contribution >= 0.6 is 0 Å². The molecule has 4 saturated heterocycles. The number of β-amino-alcohol motifs (C(OH)–C–C–N with tert-alkyl or cyclic N) is 1. The van der Waals surface area contributed by atoms with Crippen molar-refractivity contribution >= 4 is 5.97 Å². The molecule has 17 atom stereocenters. The van der Waals surface area contributed by atoms with Crippen LogP contribution in [0.4, 0.5) is 0 Å². The minimum absolute atomic E-state index is 0.0818. The first-order valence-electron chi connectivity index (χ1n) is 21.7. The molecular formula is C43H81N3O11. The lowest BCUT2D eigenvalue weighted by atomic mass is 9.75. The molecule has 4 heterocycles. The number of carbonyl (C=O) groups is 1. The number of aliphatic hydroxyl groups excluding tert-OH is 2. The first-order chi connectivity index (χ1) is 26.4. The number of methoxy groups -OCH3 is 1. The predicted octanol–water partition coefficient (Wildman–Crippen LogP) is 3.30. The Morgan fingerprint density at radius 3 is 2.16 bits per heavy atom. The third kappa shape index (κ3) is 10.7. The van der Waals surface area contributed by atoms with E-state index in [1.54, 1.807) is 21.0 Å². The molecule has 0 aromatic rings. The van der Waals surface area contributed by atoms with Gasteiger partial charge < -0.3 is 64.0 Å². The van der Waals surface area contributed by atoms with Crippen LogP contribution in [0.25, 0.3) is 0 Å². The van der Waals surface area contributed by atoms with Gasteiger partial charge in [0.25, 0.3) is 0 Å². The maximum atomic E-state index is 14.5. The summed E-state index contributed by atoms with van der Waals surface area (Å²) in [6, 6.07) is -0.597. The van der Waals surface area contributed by atoms with E-state index in [0.717, 1.165) is 25.9 Å². The topological polar surface area (TPSA) is 172 Å². The van der Waals surface area contributed by atoms with E-state index in [9.17, 15) is 25.2 Å². The molecule has 14 heteroatoms. The second kappa shape index (κ2) is 19.4. The zero-order valence-electron chi connectivity index (χ0n) is 37.7. The molecule has 4 aliphatic rings. The molecule has 4 aliphatic heterocycles. The van der Waals surface area contributed by atoms with Crippen molar-refractivity contribution in [2.45, 2.75) is 199 Å². The summed E-state index contributed by atoms with van der Waals surface area (Å²) in [6.07, 6.45) is -3.75. The number of rotatable bonds is 9. The maximum Gasteiger partial charge on any atom is 0.311 e. The first kappa shape index (κ1) is 48.7. The van der Waals surface area contributed by atoms with Crippen molar-refractivity contribution in [1.29, 1.82) is 0 Å². The van der Waals surface area contributed by atoms with Crippen LogP contribution in [0, 0.1) is 23.2 Å². The van der Waals surface area contributed by atoms with Gasteiger partial charge in [-0.3, -0.25) is 4.79 Å². The van der Waals surface area contributed by atoms with Gasteiger partial charge in [-0.2, -0.15) is 0 Å². The van der Waals surface area contributed by atoms with E-state index in [0.29, 0.717) is 25.9 Å². The third-order valence-corrected chi connectivity index (χ3v) is 14.2. The highest BCUT2D eigenvalue weighted by atomic mass is 16.7. The molecule has 0 amide bonds. The fourth-order valence-electron chi connectivity index (χ4n) is 10.3. The Balaban J connectivity index is 1.79. The summed E-state index contributed by atoms with van der Waals surface area (Å²) in [5.74, 6) is -2.22.